The molecule has 0 saturated carbocycles. The molecule has 8 aromatic carbocycles. The molecule has 0 aliphatic carbocycles. The van der Waals surface area contributed by atoms with Crippen LogP contribution >= 0.6 is 11.3 Å². The quantitative estimate of drug-likeness (QED) is 0.177. The number of fused-ring (bicyclic) bond motifs is 4. The van der Waals surface area contributed by atoms with Crippen molar-refractivity contribution >= 4 is 59.3 Å². The van der Waals surface area contributed by atoms with Gasteiger partial charge in [-0.15, -0.1) is 11.3 Å². The van der Waals surface area contributed by atoms with Crippen LogP contribution < -0.4 is 4.90 Å². The molecule has 0 N–H and O–H groups in total. The van der Waals surface area contributed by atoms with Crippen LogP contribution in [0, 0.1) is 0 Å². The van der Waals surface area contributed by atoms with Crippen molar-refractivity contribution in [1.29, 1.82) is 0 Å². The Kier molecular flexibility index (Phi) is 7.07. The Labute approximate surface area is 284 Å². The highest BCUT2D eigenvalue weighted by Gasteiger charge is 2.18. The second kappa shape index (κ2) is 12.0. The Morgan fingerprint density at radius 1 is 0.312 bits per heavy atom. The van der Waals surface area contributed by atoms with Crippen molar-refractivity contribution in [3.63, 3.8) is 0 Å². The molecule has 48 heavy (non-hydrogen) atoms. The molecular weight excluding hydrogens is 599 g/mol. The van der Waals surface area contributed by atoms with Crippen molar-refractivity contribution in [3.05, 3.63) is 188 Å². The summed E-state index contributed by atoms with van der Waals surface area (Å²) in [5, 5.41) is 5.08. The van der Waals surface area contributed by atoms with E-state index in [1.807, 2.05) is 11.3 Å². The molecule has 1 aromatic heterocycles. The summed E-state index contributed by atoms with van der Waals surface area (Å²) < 4.78 is 2.66. The number of thiophene rings is 1. The molecule has 0 fully saturated rings. The lowest BCUT2D eigenvalue weighted by atomic mass is 9.96. The van der Waals surface area contributed by atoms with Gasteiger partial charge in [-0.2, -0.15) is 0 Å². The zero-order chi connectivity index (χ0) is 31.9. The summed E-state index contributed by atoms with van der Waals surface area (Å²) in [6, 6.07) is 68.2. The van der Waals surface area contributed by atoms with Gasteiger partial charge in [0.15, 0.2) is 0 Å². The molecule has 9 rings (SSSR count). The van der Waals surface area contributed by atoms with Crippen LogP contribution in [0.2, 0.25) is 0 Å². The van der Waals surface area contributed by atoms with E-state index in [-0.39, 0.29) is 0 Å². The van der Waals surface area contributed by atoms with Gasteiger partial charge in [-0.05, 0) is 93.4 Å². The van der Waals surface area contributed by atoms with Crippen LogP contribution in [-0.2, 0) is 0 Å². The fraction of sp³-hybridized carbons (Fsp3) is 0. The Morgan fingerprint density at radius 2 is 0.875 bits per heavy atom. The first-order valence-electron chi connectivity index (χ1n) is 16.3. The van der Waals surface area contributed by atoms with Crippen molar-refractivity contribution in [2.24, 2.45) is 0 Å². The lowest BCUT2D eigenvalue weighted by Gasteiger charge is -2.28. The van der Waals surface area contributed by atoms with Gasteiger partial charge >= 0.3 is 0 Å². The molecule has 0 amide bonds. The van der Waals surface area contributed by atoms with E-state index in [1.165, 1.54) is 64.3 Å². The molecule has 0 aliphatic heterocycles. The molecule has 0 spiro atoms. The molecule has 0 bridgehead atoms. The minimum absolute atomic E-state index is 1.11. The maximum absolute atomic E-state index is 2.42. The highest BCUT2D eigenvalue weighted by molar-refractivity contribution is 7.25. The minimum atomic E-state index is 1.11. The molecule has 2 heteroatoms. The second-order valence-electron chi connectivity index (χ2n) is 12.2. The average molecular weight is 630 g/mol. The Hall–Kier alpha value is -5.96. The number of hydrogen-bond acceptors (Lipinski definition) is 2. The number of nitrogens with zero attached hydrogens (tertiary/aromatic N) is 1. The first-order chi connectivity index (χ1) is 23.8. The van der Waals surface area contributed by atoms with Gasteiger partial charge in [0.2, 0.25) is 0 Å². The van der Waals surface area contributed by atoms with Crippen molar-refractivity contribution in [1.82, 2.24) is 0 Å². The van der Waals surface area contributed by atoms with E-state index in [2.05, 4.69) is 193 Å². The number of anilines is 3. The van der Waals surface area contributed by atoms with Gasteiger partial charge in [0, 0.05) is 36.9 Å². The lowest BCUT2D eigenvalue weighted by molar-refractivity contribution is 1.30. The molecule has 1 heterocycles. The Bertz CT molecular complexity index is 2480. The fourth-order valence-corrected chi connectivity index (χ4v) is 7.96. The largest absolute Gasteiger partial charge is 0.310 e. The van der Waals surface area contributed by atoms with Crippen LogP contribution in [0.1, 0.15) is 0 Å². The van der Waals surface area contributed by atoms with Gasteiger partial charge in [-0.1, -0.05) is 133 Å². The number of hydrogen-bond donors (Lipinski definition) is 0. The van der Waals surface area contributed by atoms with Gasteiger partial charge in [0.05, 0.1) is 5.69 Å². The fourth-order valence-electron chi connectivity index (χ4n) is 6.87. The number of rotatable bonds is 6. The highest BCUT2D eigenvalue weighted by Crippen LogP contribution is 2.43. The molecule has 0 saturated heterocycles. The Balaban J connectivity index is 1.22. The summed E-state index contributed by atoms with van der Waals surface area (Å²) in [6.45, 7) is 0. The maximum atomic E-state index is 2.42. The first kappa shape index (κ1) is 28.3. The summed E-state index contributed by atoms with van der Waals surface area (Å²) in [6.07, 6.45) is 0. The second-order valence-corrected chi connectivity index (χ2v) is 13.3. The minimum Gasteiger partial charge on any atom is -0.310 e. The zero-order valence-electron chi connectivity index (χ0n) is 26.3. The van der Waals surface area contributed by atoms with Crippen LogP contribution in [0.5, 0.6) is 0 Å². The van der Waals surface area contributed by atoms with E-state index < -0.39 is 0 Å². The van der Waals surface area contributed by atoms with Crippen LogP contribution in [-0.4, -0.2) is 0 Å². The molecule has 9 aromatic rings. The van der Waals surface area contributed by atoms with E-state index in [9.17, 15) is 0 Å². The topological polar surface area (TPSA) is 3.24 Å². The average Bonchev–Trinajstić information content (AvgIpc) is 3.54. The molecule has 0 aliphatic rings. The molecule has 0 atom stereocenters. The van der Waals surface area contributed by atoms with Gasteiger partial charge in [-0.3, -0.25) is 0 Å². The molecule has 1 nitrogen and oxygen atoms in total. The van der Waals surface area contributed by atoms with E-state index in [1.54, 1.807) is 0 Å². The summed E-state index contributed by atoms with van der Waals surface area (Å²) in [7, 11) is 0. The van der Waals surface area contributed by atoms with E-state index in [0.717, 1.165) is 17.1 Å². The van der Waals surface area contributed by atoms with Crippen molar-refractivity contribution in [2.75, 3.05) is 4.90 Å². The van der Waals surface area contributed by atoms with Crippen LogP contribution in [0.15, 0.2) is 188 Å². The van der Waals surface area contributed by atoms with Crippen molar-refractivity contribution in [2.45, 2.75) is 0 Å². The third-order valence-corrected chi connectivity index (χ3v) is 10.4. The summed E-state index contributed by atoms with van der Waals surface area (Å²) >= 11 is 1.86. The molecular formula is C46H31NS. The smallest absolute Gasteiger partial charge is 0.0540 e. The lowest BCUT2D eigenvalue weighted by Crippen LogP contribution is -2.11. The normalized spacial score (nSPS) is 11.3. The van der Waals surface area contributed by atoms with Gasteiger partial charge in [0.25, 0.3) is 0 Å². The number of benzene rings is 8. The van der Waals surface area contributed by atoms with Crippen LogP contribution in [0.4, 0.5) is 17.1 Å². The molecule has 0 unspecified atom stereocenters. The van der Waals surface area contributed by atoms with Gasteiger partial charge in [0.1, 0.15) is 0 Å². The third kappa shape index (κ3) is 5.13. The molecule has 0 radical (unpaired) electrons. The molecule has 226 valence electrons. The van der Waals surface area contributed by atoms with Crippen molar-refractivity contribution < 1.29 is 0 Å². The SMILES string of the molecule is c1ccc(-c2cc(-c3ccccc3)cc(N(c3ccc(-c4ccc5sc6ccccc6c5c4)cc3)c3cccc4ccccc34)c2)cc1. The third-order valence-electron chi connectivity index (χ3n) is 9.23. The van der Waals surface area contributed by atoms with E-state index >= 15 is 0 Å². The van der Waals surface area contributed by atoms with E-state index in [4.69, 9.17) is 0 Å². The van der Waals surface area contributed by atoms with Gasteiger partial charge in [-0.25, -0.2) is 0 Å². The highest BCUT2D eigenvalue weighted by atomic mass is 32.1. The maximum Gasteiger partial charge on any atom is 0.0540 e. The monoisotopic (exact) mass is 629 g/mol. The zero-order valence-corrected chi connectivity index (χ0v) is 27.1. The van der Waals surface area contributed by atoms with Crippen LogP contribution in [0.3, 0.4) is 0 Å². The predicted molar refractivity (Wildman–Crippen MR) is 208 cm³/mol. The first-order valence-corrected chi connectivity index (χ1v) is 17.2. The Morgan fingerprint density at radius 3 is 1.60 bits per heavy atom. The summed E-state index contributed by atoms with van der Waals surface area (Å²) in [5.74, 6) is 0. The van der Waals surface area contributed by atoms with Gasteiger partial charge < -0.3 is 4.90 Å². The summed E-state index contributed by atoms with van der Waals surface area (Å²) in [5.41, 5.74) is 10.6. The predicted octanol–water partition coefficient (Wildman–Crippen LogP) is 13.7. The summed E-state index contributed by atoms with van der Waals surface area (Å²) in [4.78, 5) is 2.42. The van der Waals surface area contributed by atoms with E-state index in [0.29, 0.717) is 0 Å². The van der Waals surface area contributed by atoms with Crippen LogP contribution in [0.25, 0.3) is 64.3 Å². The van der Waals surface area contributed by atoms with Crippen molar-refractivity contribution in [3.8, 4) is 33.4 Å². The standard InChI is InChI=1S/C46H31NS/c1-3-12-32(13-4-1)37-28-38(33-14-5-2-6-15-33)30-40(29-37)47(44-20-11-17-35-16-7-8-18-41(35)44)39-25-22-34(23-26-39)36-24-27-46-43(31-36)42-19-9-10-21-45(42)48-46/h1-31H.